The summed E-state index contributed by atoms with van der Waals surface area (Å²) in [6.45, 7) is 4.76. The van der Waals surface area contributed by atoms with Crippen molar-refractivity contribution in [2.45, 2.75) is 45.1 Å². The molecule has 0 fully saturated rings. The molecule has 0 aliphatic heterocycles. The molecule has 1 aromatic carbocycles. The van der Waals surface area contributed by atoms with Crippen LogP contribution in [0.15, 0.2) is 36.7 Å². The number of aromatic nitrogens is 4. The van der Waals surface area contributed by atoms with Gasteiger partial charge in [-0.05, 0) is 31.0 Å². The van der Waals surface area contributed by atoms with Crippen molar-refractivity contribution >= 4 is 40.5 Å². The Kier molecular flexibility index (Phi) is 9.97. The van der Waals surface area contributed by atoms with Crippen LogP contribution >= 0.6 is 11.6 Å². The van der Waals surface area contributed by atoms with E-state index in [1.165, 1.54) is 18.0 Å². The number of nitrogen functional groups attached to an aromatic ring is 1. The Balaban J connectivity index is 1.91. The van der Waals surface area contributed by atoms with Crippen LogP contribution in [0.5, 0.6) is 0 Å². The monoisotopic (exact) mass is 549 g/mol. The zero-order valence-corrected chi connectivity index (χ0v) is 22.4. The van der Waals surface area contributed by atoms with Gasteiger partial charge in [0.1, 0.15) is 11.7 Å². The van der Waals surface area contributed by atoms with E-state index in [2.05, 4.69) is 15.0 Å². The quantitative estimate of drug-likeness (QED) is 0.183. The van der Waals surface area contributed by atoms with Gasteiger partial charge in [0, 0.05) is 19.4 Å². The van der Waals surface area contributed by atoms with E-state index in [-0.39, 0.29) is 48.5 Å². The number of aliphatic hydroxyl groups is 1. The average molecular weight is 550 g/mol. The number of nitrogens with two attached hydrogens (primary N) is 1. The molecule has 0 saturated heterocycles. The molecule has 38 heavy (non-hydrogen) atoms. The zero-order chi connectivity index (χ0) is 27.9. The molecule has 206 valence electrons. The van der Waals surface area contributed by atoms with Gasteiger partial charge in [0.25, 0.3) is 5.60 Å². The summed E-state index contributed by atoms with van der Waals surface area (Å²) in [5.41, 5.74) is 4.95. The number of esters is 2. The van der Waals surface area contributed by atoms with E-state index in [0.717, 1.165) is 0 Å². The summed E-state index contributed by atoms with van der Waals surface area (Å²) in [5.74, 6) is -2.34. The van der Waals surface area contributed by atoms with Crippen molar-refractivity contribution in [3.05, 3.63) is 47.5 Å². The summed E-state index contributed by atoms with van der Waals surface area (Å²) in [6, 6.07) is 8.91. The summed E-state index contributed by atoms with van der Waals surface area (Å²) >= 11 is 5.95. The van der Waals surface area contributed by atoms with E-state index in [4.69, 9.17) is 36.3 Å². The number of carbonyl (C=O) groups is 2. The molecule has 0 amide bonds. The first-order valence-electron chi connectivity index (χ1n) is 12.1. The lowest BCUT2D eigenvalue weighted by Gasteiger charge is -2.33. The molecule has 0 aliphatic rings. The van der Waals surface area contributed by atoms with Gasteiger partial charge >= 0.3 is 11.9 Å². The average Bonchev–Trinajstić information content (AvgIpc) is 3.32. The van der Waals surface area contributed by atoms with Gasteiger partial charge in [-0.15, -0.1) is 0 Å². The zero-order valence-electron chi connectivity index (χ0n) is 21.7. The third-order valence-corrected chi connectivity index (χ3v) is 6.23. The van der Waals surface area contributed by atoms with E-state index >= 15 is 0 Å². The molecular weight excluding hydrogens is 518 g/mol. The Labute approximate surface area is 225 Å². The number of carbonyl (C=O) groups excluding carboxylic acids is 2. The van der Waals surface area contributed by atoms with Crippen LogP contribution in [0.25, 0.3) is 11.2 Å². The third kappa shape index (κ3) is 6.21. The standard InChI is InChI=1S/C25H32ClN5O7/c1-5-36-22(33)25(23(34)37-6-2,12-16-10-8-7-9-11-16)38-13-17(35-4)15(3)21(32)31-14-28-18-19(27)29-24(26)30-20(18)31/h7-11,14-15,17,21,32H,5-6,12-13H2,1-4H3,(H2,27,29,30)/t15-,17+,21+/m0/s1. The molecule has 2 heterocycles. The first-order chi connectivity index (χ1) is 18.2. The van der Waals surface area contributed by atoms with Crippen LogP contribution in [0, 0.1) is 5.92 Å². The van der Waals surface area contributed by atoms with E-state index in [1.807, 2.05) is 6.07 Å². The van der Waals surface area contributed by atoms with Gasteiger partial charge in [-0.1, -0.05) is 37.3 Å². The minimum absolute atomic E-state index is 0.0300. The van der Waals surface area contributed by atoms with Crippen LogP contribution in [-0.4, -0.2) is 75.2 Å². The molecule has 3 aromatic rings. The van der Waals surface area contributed by atoms with Crippen LogP contribution in [0.4, 0.5) is 5.82 Å². The number of imidazole rings is 1. The maximum Gasteiger partial charge on any atom is 0.350 e. The number of ether oxygens (including phenoxy) is 4. The number of hydrogen-bond donors (Lipinski definition) is 2. The predicted molar refractivity (Wildman–Crippen MR) is 138 cm³/mol. The van der Waals surface area contributed by atoms with Gasteiger partial charge in [0.2, 0.25) is 5.28 Å². The molecule has 0 radical (unpaired) electrons. The summed E-state index contributed by atoms with van der Waals surface area (Å²) in [4.78, 5) is 38.6. The Morgan fingerprint density at radius 3 is 2.34 bits per heavy atom. The second-order valence-corrected chi connectivity index (χ2v) is 8.83. The van der Waals surface area contributed by atoms with Gasteiger partial charge in [-0.3, -0.25) is 4.57 Å². The molecule has 13 heteroatoms. The fourth-order valence-corrected chi connectivity index (χ4v) is 4.15. The van der Waals surface area contributed by atoms with Crippen molar-refractivity contribution in [1.29, 1.82) is 0 Å². The Hall–Kier alpha value is -3.32. The SMILES string of the molecule is CCOC(=O)C(Cc1ccccc1)(OC[C@@H](OC)[C@H](C)[C@@H](O)n1cnc2c(N)nc(Cl)nc21)C(=O)OCC. The van der Waals surface area contributed by atoms with Crippen molar-refractivity contribution in [1.82, 2.24) is 19.5 Å². The largest absolute Gasteiger partial charge is 0.463 e. The number of hydrogen-bond acceptors (Lipinski definition) is 11. The highest BCUT2D eigenvalue weighted by Crippen LogP contribution is 2.29. The number of rotatable bonds is 13. The summed E-state index contributed by atoms with van der Waals surface area (Å²) in [5, 5.41) is 11.1. The van der Waals surface area contributed by atoms with Gasteiger partial charge in [-0.25, -0.2) is 14.6 Å². The molecule has 3 rings (SSSR count). The minimum atomic E-state index is -2.09. The number of halogens is 1. The third-order valence-electron chi connectivity index (χ3n) is 6.07. The van der Waals surface area contributed by atoms with Crippen molar-refractivity contribution < 1.29 is 33.6 Å². The second kappa shape index (κ2) is 13.0. The van der Waals surface area contributed by atoms with Crippen LogP contribution in [0.1, 0.15) is 32.6 Å². The molecule has 0 aliphatic carbocycles. The highest BCUT2D eigenvalue weighted by molar-refractivity contribution is 6.28. The molecule has 0 unspecified atom stereocenters. The Bertz CT molecular complexity index is 1220. The fraction of sp³-hybridized carbons (Fsp3) is 0.480. The topological polar surface area (TPSA) is 161 Å². The predicted octanol–water partition coefficient (Wildman–Crippen LogP) is 2.33. The Morgan fingerprint density at radius 2 is 1.76 bits per heavy atom. The highest BCUT2D eigenvalue weighted by atomic mass is 35.5. The number of fused-ring (bicyclic) bond motifs is 1. The fourth-order valence-electron chi connectivity index (χ4n) is 3.98. The molecule has 0 bridgehead atoms. The lowest BCUT2D eigenvalue weighted by atomic mass is 9.93. The molecule has 3 atom stereocenters. The van der Waals surface area contributed by atoms with Crippen LogP contribution < -0.4 is 5.73 Å². The van der Waals surface area contributed by atoms with Crippen LogP contribution in [0.3, 0.4) is 0 Å². The number of methoxy groups -OCH3 is 1. The first kappa shape index (κ1) is 29.2. The van der Waals surface area contributed by atoms with Gasteiger partial charge in [0.05, 0.1) is 32.3 Å². The second-order valence-electron chi connectivity index (χ2n) is 8.49. The van der Waals surface area contributed by atoms with Gasteiger partial charge < -0.3 is 29.8 Å². The molecule has 0 spiro atoms. The minimum Gasteiger partial charge on any atom is -0.463 e. The number of anilines is 1. The van der Waals surface area contributed by atoms with Crippen LogP contribution in [-0.2, 0) is 35.0 Å². The summed E-state index contributed by atoms with van der Waals surface area (Å²) < 4.78 is 23.5. The van der Waals surface area contributed by atoms with Gasteiger partial charge in [0.15, 0.2) is 11.5 Å². The molecule has 2 aromatic heterocycles. The lowest BCUT2D eigenvalue weighted by Crippen LogP contribution is -2.54. The smallest absolute Gasteiger partial charge is 0.350 e. The lowest BCUT2D eigenvalue weighted by molar-refractivity contribution is -0.197. The number of benzene rings is 1. The van der Waals surface area contributed by atoms with Gasteiger partial charge in [-0.2, -0.15) is 9.97 Å². The molecule has 12 nitrogen and oxygen atoms in total. The summed E-state index contributed by atoms with van der Waals surface area (Å²) in [7, 11) is 1.42. The van der Waals surface area contributed by atoms with Crippen molar-refractivity contribution in [2.24, 2.45) is 5.92 Å². The van der Waals surface area contributed by atoms with Crippen molar-refractivity contribution in [3.63, 3.8) is 0 Å². The highest BCUT2D eigenvalue weighted by Gasteiger charge is 2.51. The Morgan fingerprint density at radius 1 is 1.13 bits per heavy atom. The first-order valence-corrected chi connectivity index (χ1v) is 12.4. The molecular formula is C25H32ClN5O7. The maximum atomic E-state index is 13.2. The van der Waals surface area contributed by atoms with Crippen LogP contribution in [0.2, 0.25) is 5.28 Å². The van der Waals surface area contributed by atoms with E-state index < -0.39 is 35.8 Å². The van der Waals surface area contributed by atoms with E-state index in [0.29, 0.717) is 5.56 Å². The molecule has 0 saturated carbocycles. The number of aliphatic hydroxyl groups excluding tert-OH is 1. The normalized spacial score (nSPS) is 14.2. The van der Waals surface area contributed by atoms with E-state index in [9.17, 15) is 14.7 Å². The van der Waals surface area contributed by atoms with Crippen molar-refractivity contribution in [2.75, 3.05) is 32.7 Å². The number of nitrogens with zero attached hydrogens (tertiary/aromatic N) is 4. The van der Waals surface area contributed by atoms with E-state index in [1.54, 1.807) is 45.0 Å². The maximum absolute atomic E-state index is 13.2. The molecule has 3 N–H and O–H groups in total. The van der Waals surface area contributed by atoms with Crippen molar-refractivity contribution in [3.8, 4) is 0 Å². The summed E-state index contributed by atoms with van der Waals surface area (Å²) in [6.07, 6.45) is -0.777.